The Morgan fingerprint density at radius 1 is 1.06 bits per heavy atom. The van der Waals surface area contributed by atoms with E-state index >= 15 is 0 Å². The molecule has 1 heterocycles. The van der Waals surface area contributed by atoms with E-state index in [2.05, 4.69) is 19.2 Å². The number of hydrogen-bond donors (Lipinski definition) is 1. The van der Waals surface area contributed by atoms with Crippen molar-refractivity contribution < 1.29 is 4.74 Å². The molecule has 1 saturated heterocycles. The van der Waals surface area contributed by atoms with E-state index in [1.165, 1.54) is 45.1 Å². The van der Waals surface area contributed by atoms with Crippen molar-refractivity contribution in [1.82, 2.24) is 5.32 Å². The predicted molar refractivity (Wildman–Crippen MR) is 67.6 cm³/mol. The van der Waals surface area contributed by atoms with Crippen LogP contribution in [-0.4, -0.2) is 25.3 Å². The molecule has 0 aromatic carbocycles. The molecule has 2 fully saturated rings. The molecule has 2 heteroatoms. The quantitative estimate of drug-likeness (QED) is 0.797. The molecule has 0 bridgehead atoms. The lowest BCUT2D eigenvalue weighted by Crippen LogP contribution is -2.39. The zero-order chi connectivity index (χ0) is 11.4. The topological polar surface area (TPSA) is 21.3 Å². The summed E-state index contributed by atoms with van der Waals surface area (Å²) in [6.45, 7) is 6.88. The first kappa shape index (κ1) is 12.4. The van der Waals surface area contributed by atoms with Gasteiger partial charge in [0.25, 0.3) is 0 Å². The molecule has 1 aliphatic carbocycles. The van der Waals surface area contributed by atoms with Crippen LogP contribution in [0.1, 0.15) is 52.4 Å². The highest BCUT2D eigenvalue weighted by molar-refractivity contribution is 4.77. The van der Waals surface area contributed by atoms with E-state index in [4.69, 9.17) is 4.74 Å². The Hall–Kier alpha value is -0.0800. The second-order valence-electron chi connectivity index (χ2n) is 5.87. The first-order chi connectivity index (χ1) is 7.75. The van der Waals surface area contributed by atoms with Gasteiger partial charge < -0.3 is 10.1 Å². The largest absolute Gasteiger partial charge is 0.377 e. The molecule has 2 rings (SSSR count). The van der Waals surface area contributed by atoms with Crippen molar-refractivity contribution in [2.45, 2.75) is 64.5 Å². The third-order valence-electron chi connectivity index (χ3n) is 4.50. The van der Waals surface area contributed by atoms with Gasteiger partial charge in [0.2, 0.25) is 0 Å². The third kappa shape index (κ3) is 3.46. The van der Waals surface area contributed by atoms with Crippen molar-refractivity contribution in [3.05, 3.63) is 0 Å². The average Bonchev–Trinajstić information content (AvgIpc) is 2.32. The maximum absolute atomic E-state index is 6.08. The van der Waals surface area contributed by atoms with Gasteiger partial charge in [0, 0.05) is 6.04 Å². The van der Waals surface area contributed by atoms with Crippen LogP contribution in [0.4, 0.5) is 0 Å². The van der Waals surface area contributed by atoms with Gasteiger partial charge in [-0.25, -0.2) is 0 Å². The molecule has 0 radical (unpaired) electrons. The third-order valence-corrected chi connectivity index (χ3v) is 4.50. The Balaban J connectivity index is 1.65. The van der Waals surface area contributed by atoms with E-state index in [1.54, 1.807) is 0 Å². The van der Waals surface area contributed by atoms with Gasteiger partial charge in [-0.2, -0.15) is 0 Å². The van der Waals surface area contributed by atoms with Crippen LogP contribution in [0.25, 0.3) is 0 Å². The minimum Gasteiger partial charge on any atom is -0.377 e. The molecular formula is C14H27NO. The molecule has 16 heavy (non-hydrogen) atoms. The van der Waals surface area contributed by atoms with Crippen molar-refractivity contribution in [2.75, 3.05) is 13.2 Å². The van der Waals surface area contributed by atoms with Crippen LogP contribution in [-0.2, 0) is 4.74 Å². The van der Waals surface area contributed by atoms with E-state index in [1.807, 2.05) is 0 Å². The molecule has 0 aromatic heterocycles. The van der Waals surface area contributed by atoms with E-state index in [-0.39, 0.29) is 0 Å². The molecule has 1 saturated carbocycles. The van der Waals surface area contributed by atoms with Gasteiger partial charge >= 0.3 is 0 Å². The predicted octanol–water partition coefficient (Wildman–Crippen LogP) is 2.97. The molecule has 1 aliphatic heterocycles. The van der Waals surface area contributed by atoms with Crippen LogP contribution in [0.3, 0.4) is 0 Å². The van der Waals surface area contributed by atoms with Gasteiger partial charge in [-0.3, -0.25) is 0 Å². The normalized spacial score (nSPS) is 40.9. The average molecular weight is 225 g/mol. The summed E-state index contributed by atoms with van der Waals surface area (Å²) in [6.07, 6.45) is 8.46. The zero-order valence-electron chi connectivity index (χ0n) is 10.9. The lowest BCUT2D eigenvalue weighted by molar-refractivity contribution is -0.00998. The summed E-state index contributed by atoms with van der Waals surface area (Å²) >= 11 is 0. The fourth-order valence-corrected chi connectivity index (χ4v) is 2.97. The minimum atomic E-state index is 0.537. The summed E-state index contributed by atoms with van der Waals surface area (Å²) in [5, 5.41) is 3.55. The number of piperidine rings is 1. The maximum atomic E-state index is 6.08. The number of hydrogen-bond acceptors (Lipinski definition) is 2. The van der Waals surface area contributed by atoms with Crippen LogP contribution in [0.2, 0.25) is 0 Å². The summed E-state index contributed by atoms with van der Waals surface area (Å²) in [4.78, 5) is 0. The Kier molecular flexibility index (Phi) is 4.66. The molecule has 0 spiro atoms. The zero-order valence-corrected chi connectivity index (χ0v) is 10.9. The van der Waals surface area contributed by atoms with E-state index < -0.39 is 0 Å². The highest BCUT2D eigenvalue weighted by atomic mass is 16.5. The maximum Gasteiger partial charge on any atom is 0.0623 e. The Bertz CT molecular complexity index is 201. The highest BCUT2D eigenvalue weighted by Crippen LogP contribution is 2.31. The SMILES string of the molecule is CC1CCC(OCC2CCCCN2)CC1C. The summed E-state index contributed by atoms with van der Waals surface area (Å²) in [5.41, 5.74) is 0. The molecule has 94 valence electrons. The van der Waals surface area contributed by atoms with Crippen molar-refractivity contribution in [3.63, 3.8) is 0 Å². The van der Waals surface area contributed by atoms with Crippen LogP contribution in [0.5, 0.6) is 0 Å². The second kappa shape index (κ2) is 6.02. The van der Waals surface area contributed by atoms with Crippen LogP contribution in [0.15, 0.2) is 0 Å². The summed E-state index contributed by atoms with van der Waals surface area (Å²) in [7, 11) is 0. The fraction of sp³-hybridized carbons (Fsp3) is 1.00. The summed E-state index contributed by atoms with van der Waals surface area (Å²) < 4.78 is 6.08. The van der Waals surface area contributed by atoms with Gasteiger partial charge in [-0.1, -0.05) is 20.3 Å². The fourth-order valence-electron chi connectivity index (χ4n) is 2.97. The molecule has 2 nitrogen and oxygen atoms in total. The molecule has 0 aromatic rings. The lowest BCUT2D eigenvalue weighted by Gasteiger charge is -2.33. The molecule has 4 unspecified atom stereocenters. The van der Waals surface area contributed by atoms with Gasteiger partial charge in [0.1, 0.15) is 0 Å². The van der Waals surface area contributed by atoms with Gasteiger partial charge in [0.05, 0.1) is 12.7 Å². The standard InChI is InChI=1S/C14H27NO/c1-11-6-7-14(9-12(11)2)16-10-13-5-3-4-8-15-13/h11-15H,3-10H2,1-2H3. The first-order valence-electron chi connectivity index (χ1n) is 7.10. The second-order valence-corrected chi connectivity index (χ2v) is 5.87. The van der Waals surface area contributed by atoms with Gasteiger partial charge in [0.15, 0.2) is 0 Å². The minimum absolute atomic E-state index is 0.537. The molecule has 1 N–H and O–H groups in total. The van der Waals surface area contributed by atoms with Crippen LogP contribution in [0, 0.1) is 11.8 Å². The number of nitrogens with one attached hydrogen (secondary N) is 1. The number of rotatable bonds is 3. The smallest absolute Gasteiger partial charge is 0.0623 e. The molecule has 4 atom stereocenters. The van der Waals surface area contributed by atoms with E-state index in [0.29, 0.717) is 12.1 Å². The van der Waals surface area contributed by atoms with Crippen molar-refractivity contribution in [2.24, 2.45) is 11.8 Å². The van der Waals surface area contributed by atoms with Gasteiger partial charge in [-0.05, 0) is 50.5 Å². The number of ether oxygens (including phenoxy) is 1. The first-order valence-corrected chi connectivity index (χ1v) is 7.10. The monoisotopic (exact) mass is 225 g/mol. The van der Waals surface area contributed by atoms with E-state index in [9.17, 15) is 0 Å². The van der Waals surface area contributed by atoms with Crippen molar-refractivity contribution in [1.29, 1.82) is 0 Å². The molecule has 0 amide bonds. The van der Waals surface area contributed by atoms with Crippen molar-refractivity contribution in [3.8, 4) is 0 Å². The van der Waals surface area contributed by atoms with Gasteiger partial charge in [-0.15, -0.1) is 0 Å². The van der Waals surface area contributed by atoms with Crippen LogP contribution < -0.4 is 5.32 Å². The Morgan fingerprint density at radius 3 is 2.62 bits per heavy atom. The Morgan fingerprint density at radius 2 is 1.94 bits per heavy atom. The molecule has 2 aliphatic rings. The molecular weight excluding hydrogens is 198 g/mol. The summed E-state index contributed by atoms with van der Waals surface area (Å²) in [6, 6.07) is 0.628. The lowest BCUT2D eigenvalue weighted by atomic mass is 9.80. The highest BCUT2D eigenvalue weighted by Gasteiger charge is 2.25. The van der Waals surface area contributed by atoms with Crippen LogP contribution >= 0.6 is 0 Å². The summed E-state index contributed by atoms with van der Waals surface area (Å²) in [5.74, 6) is 1.74. The Labute approximate surface area is 100 Å². The van der Waals surface area contributed by atoms with E-state index in [0.717, 1.165) is 18.4 Å². The van der Waals surface area contributed by atoms with Crippen molar-refractivity contribution >= 4 is 0 Å².